The van der Waals surface area contributed by atoms with Crippen LogP contribution >= 0.6 is 0 Å². The van der Waals surface area contributed by atoms with Gasteiger partial charge in [0, 0.05) is 6.42 Å². The van der Waals surface area contributed by atoms with Crippen LogP contribution in [-0.2, 0) is 24.1 Å². The first-order valence-corrected chi connectivity index (χ1v) is 5.48. The van der Waals surface area contributed by atoms with E-state index in [1.165, 1.54) is 29.5 Å². The third-order valence-corrected chi connectivity index (χ3v) is 3.11. The maximum Gasteiger partial charge on any atom is 0.124 e. The highest BCUT2D eigenvalue weighted by Gasteiger charge is 2.16. The van der Waals surface area contributed by atoms with Gasteiger partial charge in [-0.1, -0.05) is 6.07 Å². The Bertz CT molecular complexity index is 369. The fourth-order valence-corrected chi connectivity index (χ4v) is 2.38. The number of methoxy groups -OCH3 is 1. The van der Waals surface area contributed by atoms with E-state index in [0.717, 1.165) is 24.9 Å². The molecule has 2 nitrogen and oxygen atoms in total. The van der Waals surface area contributed by atoms with E-state index in [1.807, 2.05) is 12.1 Å². The van der Waals surface area contributed by atoms with E-state index < -0.39 is 0 Å². The second-order valence-corrected chi connectivity index (χ2v) is 3.96. The van der Waals surface area contributed by atoms with Gasteiger partial charge >= 0.3 is 0 Å². The van der Waals surface area contributed by atoms with Gasteiger partial charge < -0.3 is 9.53 Å². The molecule has 0 N–H and O–H groups in total. The molecule has 80 valence electrons. The lowest BCUT2D eigenvalue weighted by molar-refractivity contribution is -0.107. The molecule has 0 aliphatic heterocycles. The molecule has 0 saturated carbocycles. The molecule has 0 amide bonds. The van der Waals surface area contributed by atoms with Crippen LogP contribution in [0.2, 0.25) is 0 Å². The fraction of sp³-hybridized carbons (Fsp3) is 0.462. The third-order valence-electron chi connectivity index (χ3n) is 3.11. The van der Waals surface area contributed by atoms with Crippen LogP contribution in [0.3, 0.4) is 0 Å². The molecule has 1 aromatic rings. The molecule has 0 radical (unpaired) electrons. The van der Waals surface area contributed by atoms with E-state index in [1.54, 1.807) is 7.11 Å². The normalized spacial score (nSPS) is 14.5. The molecule has 2 heteroatoms. The highest BCUT2D eigenvalue weighted by Crippen LogP contribution is 2.32. The van der Waals surface area contributed by atoms with E-state index in [4.69, 9.17) is 4.74 Å². The van der Waals surface area contributed by atoms with Crippen LogP contribution in [0.5, 0.6) is 5.75 Å². The number of carbonyl (C=O) groups excluding carboxylic acids is 1. The monoisotopic (exact) mass is 204 g/mol. The Morgan fingerprint density at radius 1 is 1.27 bits per heavy atom. The molecule has 0 unspecified atom stereocenters. The van der Waals surface area contributed by atoms with Gasteiger partial charge in [0.05, 0.1) is 7.11 Å². The number of ether oxygens (including phenoxy) is 1. The first-order chi connectivity index (χ1) is 7.36. The van der Waals surface area contributed by atoms with Crippen LogP contribution in [0.15, 0.2) is 12.1 Å². The summed E-state index contributed by atoms with van der Waals surface area (Å²) in [4.78, 5) is 10.6. The zero-order valence-corrected chi connectivity index (χ0v) is 9.08. The fourth-order valence-electron chi connectivity index (χ4n) is 2.38. The van der Waals surface area contributed by atoms with Gasteiger partial charge in [-0.25, -0.2) is 0 Å². The van der Waals surface area contributed by atoms with Gasteiger partial charge in [0.2, 0.25) is 0 Å². The van der Waals surface area contributed by atoms with E-state index in [0.29, 0.717) is 6.42 Å². The Balaban J connectivity index is 2.47. The van der Waals surface area contributed by atoms with Gasteiger partial charge in [0.1, 0.15) is 12.0 Å². The van der Waals surface area contributed by atoms with Crippen LogP contribution in [0, 0.1) is 0 Å². The number of rotatable bonds is 3. The van der Waals surface area contributed by atoms with Crippen molar-refractivity contribution >= 4 is 6.29 Å². The molecular formula is C13H16O2. The van der Waals surface area contributed by atoms with Crippen LogP contribution < -0.4 is 4.74 Å². The van der Waals surface area contributed by atoms with E-state index in [2.05, 4.69) is 0 Å². The maximum absolute atomic E-state index is 10.6. The molecule has 0 aromatic heterocycles. The van der Waals surface area contributed by atoms with Crippen molar-refractivity contribution in [1.82, 2.24) is 0 Å². The van der Waals surface area contributed by atoms with Crippen molar-refractivity contribution in [2.24, 2.45) is 0 Å². The summed E-state index contributed by atoms with van der Waals surface area (Å²) in [6, 6.07) is 4.01. The van der Waals surface area contributed by atoms with Crippen molar-refractivity contribution in [1.29, 1.82) is 0 Å². The van der Waals surface area contributed by atoms with Gasteiger partial charge in [-0.05, 0) is 48.4 Å². The summed E-state index contributed by atoms with van der Waals surface area (Å²) in [5, 5.41) is 0. The molecule has 2 rings (SSSR count). The summed E-state index contributed by atoms with van der Waals surface area (Å²) in [5.41, 5.74) is 3.86. The first kappa shape index (κ1) is 10.2. The maximum atomic E-state index is 10.6. The predicted molar refractivity (Wildman–Crippen MR) is 59.4 cm³/mol. The second-order valence-electron chi connectivity index (χ2n) is 3.96. The molecule has 0 heterocycles. The number of hydrogen-bond donors (Lipinski definition) is 0. The summed E-state index contributed by atoms with van der Waals surface area (Å²) < 4.78 is 5.36. The van der Waals surface area contributed by atoms with Gasteiger partial charge in [-0.3, -0.25) is 0 Å². The van der Waals surface area contributed by atoms with Crippen LogP contribution in [0.1, 0.15) is 29.5 Å². The van der Waals surface area contributed by atoms with Gasteiger partial charge in [0.15, 0.2) is 0 Å². The second kappa shape index (κ2) is 4.47. The first-order valence-electron chi connectivity index (χ1n) is 5.48. The Morgan fingerprint density at radius 3 is 2.67 bits per heavy atom. The van der Waals surface area contributed by atoms with Crippen LogP contribution in [0.4, 0.5) is 0 Å². The molecule has 1 aromatic carbocycles. The summed E-state index contributed by atoms with van der Waals surface area (Å²) >= 11 is 0. The largest absolute Gasteiger partial charge is 0.496 e. The molecule has 0 spiro atoms. The minimum Gasteiger partial charge on any atom is -0.496 e. The Hall–Kier alpha value is -1.31. The molecule has 0 saturated heterocycles. The molecule has 0 fully saturated rings. The van der Waals surface area contributed by atoms with Crippen molar-refractivity contribution in [3.63, 3.8) is 0 Å². The lowest BCUT2D eigenvalue weighted by atomic mass is 9.87. The zero-order valence-electron chi connectivity index (χ0n) is 9.08. The van der Waals surface area contributed by atoms with Gasteiger partial charge in [-0.2, -0.15) is 0 Å². The highest BCUT2D eigenvalue weighted by atomic mass is 16.5. The van der Waals surface area contributed by atoms with Crippen molar-refractivity contribution in [2.45, 2.75) is 32.1 Å². The lowest BCUT2D eigenvalue weighted by Crippen LogP contribution is -2.08. The molecule has 1 aliphatic carbocycles. The lowest BCUT2D eigenvalue weighted by Gasteiger charge is -2.21. The topological polar surface area (TPSA) is 26.3 Å². The number of carbonyl (C=O) groups is 1. The number of aldehydes is 1. The molecule has 0 atom stereocenters. The minimum absolute atomic E-state index is 0.534. The number of benzene rings is 1. The van der Waals surface area contributed by atoms with Gasteiger partial charge in [0.25, 0.3) is 0 Å². The predicted octanol–water partition coefficient (Wildman–Crippen LogP) is 2.32. The summed E-state index contributed by atoms with van der Waals surface area (Å²) in [6.45, 7) is 0. The standard InChI is InChI=1S/C13H16O2/c1-15-13-7-6-10(8-9-14)11-4-2-3-5-12(11)13/h6-7,9H,2-5,8H2,1H3. The van der Waals surface area contributed by atoms with Crippen LogP contribution in [0.25, 0.3) is 0 Å². The quantitative estimate of drug-likeness (QED) is 0.706. The molecule has 1 aliphatic rings. The Labute approximate surface area is 90.3 Å². The van der Waals surface area contributed by atoms with Gasteiger partial charge in [-0.15, -0.1) is 0 Å². The summed E-state index contributed by atoms with van der Waals surface area (Å²) in [6.07, 6.45) is 6.16. The average molecular weight is 204 g/mol. The van der Waals surface area contributed by atoms with E-state index in [-0.39, 0.29) is 0 Å². The zero-order chi connectivity index (χ0) is 10.7. The Kier molecular flexibility index (Phi) is 3.05. The van der Waals surface area contributed by atoms with Crippen molar-refractivity contribution in [3.05, 3.63) is 28.8 Å². The summed E-state index contributed by atoms with van der Waals surface area (Å²) in [7, 11) is 1.71. The SMILES string of the molecule is COc1ccc(CC=O)c2c1CCCC2. The summed E-state index contributed by atoms with van der Waals surface area (Å²) in [5.74, 6) is 0.986. The smallest absolute Gasteiger partial charge is 0.124 e. The van der Waals surface area contributed by atoms with Crippen molar-refractivity contribution in [2.75, 3.05) is 7.11 Å². The minimum atomic E-state index is 0.534. The highest BCUT2D eigenvalue weighted by molar-refractivity contribution is 5.59. The molecule has 0 bridgehead atoms. The van der Waals surface area contributed by atoms with Crippen molar-refractivity contribution < 1.29 is 9.53 Å². The number of fused-ring (bicyclic) bond motifs is 1. The molecule has 15 heavy (non-hydrogen) atoms. The molecular weight excluding hydrogens is 188 g/mol. The van der Waals surface area contributed by atoms with E-state index >= 15 is 0 Å². The van der Waals surface area contributed by atoms with E-state index in [9.17, 15) is 4.79 Å². The Morgan fingerprint density at radius 2 is 2.00 bits per heavy atom. The average Bonchev–Trinajstić information content (AvgIpc) is 2.30. The van der Waals surface area contributed by atoms with Crippen molar-refractivity contribution in [3.8, 4) is 5.75 Å². The number of hydrogen-bond acceptors (Lipinski definition) is 2. The van der Waals surface area contributed by atoms with Crippen LogP contribution in [-0.4, -0.2) is 13.4 Å². The third kappa shape index (κ3) is 1.89.